The lowest BCUT2D eigenvalue weighted by molar-refractivity contribution is 0.0618. The van der Waals surface area contributed by atoms with E-state index in [1.165, 1.54) is 115 Å². The van der Waals surface area contributed by atoms with Crippen molar-refractivity contribution in [2.24, 2.45) is 35.5 Å². The third-order valence-corrected chi connectivity index (χ3v) is 16.6. The zero-order valence-electron chi connectivity index (χ0n) is 31.8. The molecule has 1 nitrogen and oxygen atoms in total. The summed E-state index contributed by atoms with van der Waals surface area (Å²) in [7, 11) is 0. The highest BCUT2D eigenvalue weighted by Gasteiger charge is 2.60. The van der Waals surface area contributed by atoms with Gasteiger partial charge in [-0.15, -0.1) is 0 Å². The van der Waals surface area contributed by atoms with Gasteiger partial charge < -0.3 is 4.90 Å². The van der Waals surface area contributed by atoms with Crippen molar-refractivity contribution in [3.63, 3.8) is 0 Å². The topological polar surface area (TPSA) is 3.24 Å². The zero-order valence-corrected chi connectivity index (χ0v) is 31.8. The first-order valence-corrected chi connectivity index (χ1v) is 21.6. The van der Waals surface area contributed by atoms with Gasteiger partial charge in [0.1, 0.15) is 0 Å². The molecule has 6 aromatic carbocycles. The van der Waals surface area contributed by atoms with Crippen molar-refractivity contribution < 1.29 is 0 Å². The largest absolute Gasteiger partial charge is 0.310 e. The smallest absolute Gasteiger partial charge is 0.0543 e. The van der Waals surface area contributed by atoms with E-state index in [2.05, 4.69) is 144 Å². The Labute approximate surface area is 326 Å². The van der Waals surface area contributed by atoms with Crippen LogP contribution in [-0.4, -0.2) is 0 Å². The first kappa shape index (κ1) is 31.3. The Morgan fingerprint density at radius 1 is 0.418 bits per heavy atom. The average molecular weight is 712 g/mol. The molecule has 6 fully saturated rings. The summed E-state index contributed by atoms with van der Waals surface area (Å²) in [5.41, 5.74) is 19.1. The lowest BCUT2D eigenvalue weighted by Gasteiger charge is -2.53. The van der Waals surface area contributed by atoms with Gasteiger partial charge in [0, 0.05) is 27.8 Å². The van der Waals surface area contributed by atoms with Gasteiger partial charge in [0.2, 0.25) is 0 Å². The van der Waals surface area contributed by atoms with Crippen molar-refractivity contribution in [2.45, 2.75) is 75.0 Å². The maximum atomic E-state index is 2.66. The maximum absolute atomic E-state index is 2.66. The van der Waals surface area contributed by atoms with Gasteiger partial charge in [0.05, 0.1) is 5.69 Å². The number of nitrogens with zero attached hydrogens (tertiary/aromatic N) is 1. The van der Waals surface area contributed by atoms with Crippen molar-refractivity contribution in [1.29, 1.82) is 0 Å². The molecule has 6 bridgehead atoms. The standard InChI is InChI=1S/C54H49N/c1-2-9-37(10-3-1)38-19-23-42(24-20-38)55(43-25-26-45-44-11-4-6-13-47(44)53(50(45)32-43)33-35-18-21-39(53)29-35)51-16-8-15-49-52(51)46-12-5-7-14-48(46)54(49)40-22-17-34-27-36(30-40)31-41(54)28-34/h1-16,19-20,23-26,32,34-36,39-41H,17-18,21-22,27-31,33H2. The van der Waals surface area contributed by atoms with E-state index in [1.807, 2.05) is 0 Å². The summed E-state index contributed by atoms with van der Waals surface area (Å²) in [5, 5.41) is 0. The molecule has 0 radical (unpaired) electrons. The van der Waals surface area contributed by atoms with Crippen LogP contribution in [0.3, 0.4) is 0 Å². The molecule has 1 heteroatoms. The third-order valence-electron chi connectivity index (χ3n) is 16.6. The summed E-state index contributed by atoms with van der Waals surface area (Å²) in [4.78, 5) is 2.66. The number of hydrogen-bond donors (Lipinski definition) is 0. The second-order valence-corrected chi connectivity index (χ2v) is 18.8. The van der Waals surface area contributed by atoms with Crippen LogP contribution >= 0.6 is 0 Å². The minimum Gasteiger partial charge on any atom is -0.310 e. The Kier molecular flexibility index (Phi) is 6.47. The van der Waals surface area contributed by atoms with Crippen LogP contribution in [0.5, 0.6) is 0 Å². The van der Waals surface area contributed by atoms with E-state index in [9.17, 15) is 0 Å². The second-order valence-electron chi connectivity index (χ2n) is 18.8. The summed E-state index contributed by atoms with van der Waals surface area (Å²) in [6.45, 7) is 0. The van der Waals surface area contributed by atoms with Gasteiger partial charge in [-0.25, -0.2) is 0 Å². The molecule has 0 amide bonds. The molecule has 55 heavy (non-hydrogen) atoms. The van der Waals surface area contributed by atoms with Gasteiger partial charge in [0.25, 0.3) is 0 Å². The molecule has 8 atom stereocenters. The fourth-order valence-corrected chi connectivity index (χ4v) is 14.9. The highest BCUT2D eigenvalue weighted by molar-refractivity contribution is 5.96. The Morgan fingerprint density at radius 3 is 1.91 bits per heavy atom. The van der Waals surface area contributed by atoms with E-state index >= 15 is 0 Å². The summed E-state index contributed by atoms with van der Waals surface area (Å²) in [5.74, 6) is 4.91. The molecule has 8 aliphatic rings. The predicted molar refractivity (Wildman–Crippen MR) is 226 cm³/mol. The van der Waals surface area contributed by atoms with E-state index in [1.54, 1.807) is 22.3 Å². The van der Waals surface area contributed by atoms with Crippen molar-refractivity contribution in [1.82, 2.24) is 0 Å². The minimum absolute atomic E-state index is 0.128. The number of rotatable bonds is 4. The Hall–Kier alpha value is -4.88. The van der Waals surface area contributed by atoms with Crippen LogP contribution in [0.2, 0.25) is 0 Å². The van der Waals surface area contributed by atoms with E-state index < -0.39 is 0 Å². The predicted octanol–water partition coefficient (Wildman–Crippen LogP) is 14.0. The van der Waals surface area contributed by atoms with Gasteiger partial charge in [-0.2, -0.15) is 0 Å². The first-order valence-electron chi connectivity index (χ1n) is 21.6. The fraction of sp³-hybridized carbons (Fsp3) is 0.333. The van der Waals surface area contributed by atoms with Crippen molar-refractivity contribution in [2.75, 3.05) is 4.90 Å². The van der Waals surface area contributed by atoms with Crippen LogP contribution < -0.4 is 4.90 Å². The van der Waals surface area contributed by atoms with Gasteiger partial charge in [-0.1, -0.05) is 122 Å². The summed E-state index contributed by atoms with van der Waals surface area (Å²) in [6, 6.07) is 54.5. The second kappa shape index (κ2) is 11.3. The molecule has 270 valence electrons. The molecule has 14 rings (SSSR count). The van der Waals surface area contributed by atoms with E-state index in [4.69, 9.17) is 0 Å². The van der Waals surface area contributed by atoms with Crippen LogP contribution in [0.4, 0.5) is 17.1 Å². The molecule has 8 unspecified atom stereocenters. The normalized spacial score (nSPS) is 31.1. The Bertz CT molecular complexity index is 2500. The maximum Gasteiger partial charge on any atom is 0.0543 e. The first-order chi connectivity index (χ1) is 27.2. The lowest BCUT2D eigenvalue weighted by Crippen LogP contribution is -2.48. The molecule has 0 heterocycles. The SMILES string of the molecule is c1ccc(-c2ccc(N(c3ccc4c(c3)C3(CC5CCC3C5)c3ccccc3-4)c3cccc4c3-c3ccccc3C43C4CCC5CC(C4)CC3C5)cc2)cc1. The van der Waals surface area contributed by atoms with Crippen LogP contribution in [0.1, 0.15) is 86.5 Å². The minimum atomic E-state index is 0.128. The molecule has 0 aliphatic heterocycles. The van der Waals surface area contributed by atoms with E-state index in [-0.39, 0.29) is 10.8 Å². The number of benzene rings is 6. The summed E-state index contributed by atoms with van der Waals surface area (Å²) < 4.78 is 0. The Balaban J connectivity index is 1.04. The van der Waals surface area contributed by atoms with Gasteiger partial charge in [0.15, 0.2) is 0 Å². The molecular weight excluding hydrogens is 663 g/mol. The zero-order chi connectivity index (χ0) is 35.9. The average Bonchev–Trinajstić information content (AvgIpc) is 3.96. The fourth-order valence-electron chi connectivity index (χ4n) is 14.9. The monoisotopic (exact) mass is 711 g/mol. The molecule has 8 aliphatic carbocycles. The number of anilines is 3. The van der Waals surface area contributed by atoms with Crippen molar-refractivity contribution >= 4 is 17.1 Å². The summed E-state index contributed by atoms with van der Waals surface area (Å²) >= 11 is 0. The summed E-state index contributed by atoms with van der Waals surface area (Å²) in [6.07, 6.45) is 14.0. The van der Waals surface area contributed by atoms with Crippen LogP contribution in [0.25, 0.3) is 33.4 Å². The lowest BCUT2D eigenvalue weighted by atomic mass is 9.51. The number of hydrogen-bond acceptors (Lipinski definition) is 1. The van der Waals surface area contributed by atoms with Crippen molar-refractivity contribution in [3.8, 4) is 33.4 Å². The highest BCUT2D eigenvalue weighted by atomic mass is 15.1. The molecule has 0 saturated heterocycles. The van der Waals surface area contributed by atoms with Crippen LogP contribution in [-0.2, 0) is 10.8 Å². The molecule has 0 aromatic heterocycles. The van der Waals surface area contributed by atoms with Gasteiger partial charge in [-0.05, 0) is 167 Å². The van der Waals surface area contributed by atoms with Crippen molar-refractivity contribution in [3.05, 3.63) is 162 Å². The molecule has 0 N–H and O–H groups in total. The van der Waals surface area contributed by atoms with Crippen LogP contribution in [0, 0.1) is 35.5 Å². The van der Waals surface area contributed by atoms with Gasteiger partial charge >= 0.3 is 0 Å². The highest BCUT2D eigenvalue weighted by Crippen LogP contribution is 2.70. The van der Waals surface area contributed by atoms with E-state index in [0.717, 1.165) is 35.5 Å². The molecular formula is C54H49N. The Morgan fingerprint density at radius 2 is 1.07 bits per heavy atom. The van der Waals surface area contributed by atoms with E-state index in [0.29, 0.717) is 0 Å². The van der Waals surface area contributed by atoms with Crippen LogP contribution in [0.15, 0.2) is 140 Å². The molecule has 6 aromatic rings. The quantitative estimate of drug-likeness (QED) is 0.176. The van der Waals surface area contributed by atoms with Gasteiger partial charge in [-0.3, -0.25) is 0 Å². The molecule has 2 spiro atoms. The number of fused-ring (bicyclic) bond motifs is 12. The third kappa shape index (κ3) is 4.10. The molecule has 6 saturated carbocycles.